The monoisotopic (exact) mass is 388 g/mol. The molecular formula is C19H27ClF2N2O2. The first kappa shape index (κ1) is 21.1. The van der Waals surface area contributed by atoms with E-state index in [4.69, 9.17) is 10.5 Å². The first-order chi connectivity index (χ1) is 12.0. The number of amides is 1. The molecule has 4 nitrogen and oxygen atoms in total. The van der Waals surface area contributed by atoms with Crippen LogP contribution < -0.4 is 11.1 Å². The highest BCUT2D eigenvalue weighted by atomic mass is 35.5. The number of benzene rings is 1. The lowest BCUT2D eigenvalue weighted by Gasteiger charge is -2.37. The quantitative estimate of drug-likeness (QED) is 0.814. The number of hydrogen-bond acceptors (Lipinski definition) is 3. The molecule has 3 rings (SSSR count). The molecule has 2 aliphatic rings. The van der Waals surface area contributed by atoms with Gasteiger partial charge in [0.15, 0.2) is 0 Å². The fourth-order valence-corrected chi connectivity index (χ4v) is 4.29. The lowest BCUT2D eigenvalue weighted by Crippen LogP contribution is -2.52. The zero-order chi connectivity index (χ0) is 17.9. The maximum atomic E-state index is 14.4. The van der Waals surface area contributed by atoms with Crippen LogP contribution in [0.2, 0.25) is 0 Å². The molecule has 1 heterocycles. The van der Waals surface area contributed by atoms with Gasteiger partial charge in [0.25, 0.3) is 0 Å². The van der Waals surface area contributed by atoms with Gasteiger partial charge in [-0.25, -0.2) is 8.78 Å². The standard InChI is InChI=1S/C19H26F2N2O2.ClH/c20-14-4-3-5-15(21)16(14)19(6-1-2-7-19)13-23-17(24)18(12-22)8-10-25-11-9-18;/h3-5H,1-2,6-13,22H2,(H,23,24);1H. The Balaban J connectivity index is 0.00000243. The Labute approximate surface area is 159 Å². The molecule has 26 heavy (non-hydrogen) atoms. The number of halogens is 3. The largest absolute Gasteiger partial charge is 0.381 e. The first-order valence-electron chi connectivity index (χ1n) is 9.04. The van der Waals surface area contributed by atoms with Gasteiger partial charge in [-0.1, -0.05) is 18.9 Å². The molecule has 1 aromatic carbocycles. The smallest absolute Gasteiger partial charge is 0.227 e. The van der Waals surface area contributed by atoms with Crippen molar-refractivity contribution in [2.24, 2.45) is 11.1 Å². The molecule has 1 amide bonds. The van der Waals surface area contributed by atoms with Gasteiger partial charge in [0.2, 0.25) is 5.91 Å². The molecule has 7 heteroatoms. The van der Waals surface area contributed by atoms with E-state index in [2.05, 4.69) is 5.32 Å². The highest BCUT2D eigenvalue weighted by molar-refractivity contribution is 5.85. The number of ether oxygens (including phenoxy) is 1. The van der Waals surface area contributed by atoms with Crippen molar-refractivity contribution in [1.29, 1.82) is 0 Å². The van der Waals surface area contributed by atoms with Gasteiger partial charge in [-0.3, -0.25) is 4.79 Å². The van der Waals surface area contributed by atoms with E-state index in [1.165, 1.54) is 18.2 Å². The van der Waals surface area contributed by atoms with Crippen molar-refractivity contribution in [3.63, 3.8) is 0 Å². The molecule has 3 N–H and O–H groups in total. The van der Waals surface area contributed by atoms with Gasteiger partial charge in [0.05, 0.1) is 5.41 Å². The summed E-state index contributed by atoms with van der Waals surface area (Å²) in [4.78, 5) is 12.8. The van der Waals surface area contributed by atoms with Crippen LogP contribution in [0.5, 0.6) is 0 Å². The number of nitrogens with one attached hydrogen (secondary N) is 1. The molecule has 1 aliphatic carbocycles. The van der Waals surface area contributed by atoms with Crippen LogP contribution in [-0.2, 0) is 14.9 Å². The Bertz CT molecular complexity index is 610. The topological polar surface area (TPSA) is 64.4 Å². The average molecular weight is 389 g/mol. The minimum Gasteiger partial charge on any atom is -0.381 e. The minimum absolute atomic E-state index is 0. The van der Waals surface area contributed by atoms with Gasteiger partial charge in [0.1, 0.15) is 11.6 Å². The second-order valence-electron chi connectivity index (χ2n) is 7.36. The van der Waals surface area contributed by atoms with Crippen LogP contribution in [-0.4, -0.2) is 32.2 Å². The second kappa shape index (κ2) is 8.63. The van der Waals surface area contributed by atoms with E-state index in [0.717, 1.165) is 12.8 Å². The van der Waals surface area contributed by atoms with Crippen LogP contribution in [0.25, 0.3) is 0 Å². The predicted octanol–water partition coefficient (Wildman–Crippen LogP) is 3.07. The summed E-state index contributed by atoms with van der Waals surface area (Å²) in [5.74, 6) is -1.19. The zero-order valence-corrected chi connectivity index (χ0v) is 15.7. The number of rotatable bonds is 5. The normalized spacial score (nSPS) is 21.0. The maximum Gasteiger partial charge on any atom is 0.227 e. The van der Waals surface area contributed by atoms with Crippen molar-refractivity contribution in [3.05, 3.63) is 35.4 Å². The lowest BCUT2D eigenvalue weighted by atomic mass is 9.76. The van der Waals surface area contributed by atoms with Crippen LogP contribution in [0.4, 0.5) is 8.78 Å². The van der Waals surface area contributed by atoms with Crippen molar-refractivity contribution in [2.45, 2.75) is 43.9 Å². The molecule has 0 unspecified atom stereocenters. The number of nitrogens with two attached hydrogens (primary N) is 1. The summed E-state index contributed by atoms with van der Waals surface area (Å²) >= 11 is 0. The number of carbonyl (C=O) groups is 1. The third-order valence-electron chi connectivity index (χ3n) is 5.96. The van der Waals surface area contributed by atoms with E-state index in [1.807, 2.05) is 0 Å². The highest BCUT2D eigenvalue weighted by Crippen LogP contribution is 2.43. The third kappa shape index (κ3) is 3.87. The molecule has 0 radical (unpaired) electrons. The van der Waals surface area contributed by atoms with Crippen molar-refractivity contribution < 1.29 is 18.3 Å². The van der Waals surface area contributed by atoms with Crippen LogP contribution in [0.1, 0.15) is 44.1 Å². The second-order valence-corrected chi connectivity index (χ2v) is 7.36. The van der Waals surface area contributed by atoms with E-state index < -0.39 is 22.5 Å². The maximum absolute atomic E-state index is 14.4. The Morgan fingerprint density at radius 3 is 2.23 bits per heavy atom. The molecule has 0 atom stereocenters. The summed E-state index contributed by atoms with van der Waals surface area (Å²) in [6, 6.07) is 3.96. The fraction of sp³-hybridized carbons (Fsp3) is 0.632. The average Bonchev–Trinajstić information content (AvgIpc) is 3.10. The van der Waals surface area contributed by atoms with E-state index in [1.54, 1.807) is 0 Å². The molecule has 1 saturated heterocycles. The Morgan fingerprint density at radius 1 is 1.12 bits per heavy atom. The fourth-order valence-electron chi connectivity index (χ4n) is 4.29. The molecule has 2 fully saturated rings. The van der Waals surface area contributed by atoms with Crippen molar-refractivity contribution in [2.75, 3.05) is 26.3 Å². The zero-order valence-electron chi connectivity index (χ0n) is 14.9. The predicted molar refractivity (Wildman–Crippen MR) is 98.3 cm³/mol. The van der Waals surface area contributed by atoms with E-state index in [9.17, 15) is 13.6 Å². The SMILES string of the molecule is Cl.NCC1(C(=O)NCC2(c3c(F)cccc3F)CCCC2)CCOCC1. The van der Waals surface area contributed by atoms with Gasteiger partial charge < -0.3 is 15.8 Å². The molecule has 1 saturated carbocycles. The summed E-state index contributed by atoms with van der Waals surface area (Å²) in [7, 11) is 0. The Hall–Kier alpha value is -1.24. The molecule has 1 aromatic rings. The van der Waals surface area contributed by atoms with E-state index in [-0.39, 0.29) is 37.0 Å². The summed E-state index contributed by atoms with van der Waals surface area (Å²) in [5.41, 5.74) is 4.68. The lowest BCUT2D eigenvalue weighted by molar-refractivity contribution is -0.136. The van der Waals surface area contributed by atoms with Crippen molar-refractivity contribution >= 4 is 18.3 Å². The minimum atomic E-state index is -0.675. The summed E-state index contributed by atoms with van der Waals surface area (Å²) < 4.78 is 34.1. The molecular weight excluding hydrogens is 362 g/mol. The summed E-state index contributed by atoms with van der Waals surface area (Å²) in [6.45, 7) is 1.52. The highest BCUT2D eigenvalue weighted by Gasteiger charge is 2.43. The van der Waals surface area contributed by atoms with Gasteiger partial charge >= 0.3 is 0 Å². The Morgan fingerprint density at radius 2 is 1.69 bits per heavy atom. The molecule has 0 spiro atoms. The number of carbonyl (C=O) groups excluding carboxylic acids is 1. The van der Waals surface area contributed by atoms with Crippen LogP contribution in [0.3, 0.4) is 0 Å². The summed E-state index contributed by atoms with van der Waals surface area (Å²) in [5, 5.41) is 2.97. The van der Waals surface area contributed by atoms with Crippen molar-refractivity contribution in [3.8, 4) is 0 Å². The van der Waals surface area contributed by atoms with Crippen LogP contribution >= 0.6 is 12.4 Å². The van der Waals surface area contributed by atoms with Crippen LogP contribution in [0, 0.1) is 17.0 Å². The summed E-state index contributed by atoms with van der Waals surface area (Å²) in [6.07, 6.45) is 4.31. The molecule has 0 aromatic heterocycles. The molecule has 0 bridgehead atoms. The Kier molecular flexibility index (Phi) is 6.99. The van der Waals surface area contributed by atoms with E-state index in [0.29, 0.717) is 38.9 Å². The van der Waals surface area contributed by atoms with Gasteiger partial charge in [-0.2, -0.15) is 0 Å². The molecule has 146 valence electrons. The van der Waals surface area contributed by atoms with E-state index >= 15 is 0 Å². The third-order valence-corrected chi connectivity index (χ3v) is 5.96. The van der Waals surface area contributed by atoms with Gasteiger partial charge in [0, 0.05) is 37.3 Å². The van der Waals surface area contributed by atoms with Gasteiger partial charge in [-0.05, 0) is 37.8 Å². The van der Waals surface area contributed by atoms with Crippen molar-refractivity contribution in [1.82, 2.24) is 5.32 Å². The van der Waals surface area contributed by atoms with Gasteiger partial charge in [-0.15, -0.1) is 12.4 Å². The first-order valence-corrected chi connectivity index (χ1v) is 9.04. The molecule has 1 aliphatic heterocycles. The number of hydrogen-bond donors (Lipinski definition) is 2. The van der Waals surface area contributed by atoms with Crippen LogP contribution in [0.15, 0.2) is 18.2 Å².